The van der Waals surface area contributed by atoms with E-state index in [2.05, 4.69) is 5.16 Å². The van der Waals surface area contributed by atoms with E-state index in [4.69, 9.17) is 9.63 Å². The topological polar surface area (TPSA) is 83.6 Å². The number of carboxylic acid groups (broad SMARTS) is 1. The lowest BCUT2D eigenvalue weighted by molar-refractivity contribution is -0.137. The molecule has 0 unspecified atom stereocenters. The number of rotatable bonds is 5. The second-order valence-electron chi connectivity index (χ2n) is 4.21. The van der Waals surface area contributed by atoms with Crippen molar-refractivity contribution in [3.63, 3.8) is 0 Å². The van der Waals surface area contributed by atoms with Crippen LogP contribution in [0.25, 0.3) is 0 Å². The average Bonchev–Trinajstić information content (AvgIpc) is 3.00. The minimum Gasteiger partial charge on any atom is -0.481 e. The molecule has 1 fully saturated rings. The highest BCUT2D eigenvalue weighted by Gasteiger charge is 2.34. The van der Waals surface area contributed by atoms with Crippen LogP contribution in [0.3, 0.4) is 0 Å². The molecule has 0 atom stereocenters. The molecule has 0 aliphatic heterocycles. The maximum absolute atomic E-state index is 12.1. The van der Waals surface area contributed by atoms with E-state index in [1.165, 1.54) is 0 Å². The second kappa shape index (κ2) is 4.57. The number of carbonyl (C=O) groups is 2. The summed E-state index contributed by atoms with van der Waals surface area (Å²) in [6.45, 7) is 1.96. The summed E-state index contributed by atoms with van der Waals surface area (Å²) in [6.07, 6.45) is 1.81. The number of aliphatic carboxylic acids is 1. The summed E-state index contributed by atoms with van der Waals surface area (Å²) in [4.78, 5) is 24.2. The van der Waals surface area contributed by atoms with Gasteiger partial charge in [-0.15, -0.1) is 0 Å². The number of amides is 1. The van der Waals surface area contributed by atoms with E-state index in [1.807, 2.05) is 0 Å². The van der Waals surface area contributed by atoms with Gasteiger partial charge in [-0.25, -0.2) is 0 Å². The van der Waals surface area contributed by atoms with Crippen LogP contribution in [0.2, 0.25) is 0 Å². The molecule has 0 saturated heterocycles. The van der Waals surface area contributed by atoms with Crippen LogP contribution in [0, 0.1) is 6.92 Å². The Morgan fingerprint density at radius 1 is 1.59 bits per heavy atom. The zero-order chi connectivity index (χ0) is 12.4. The zero-order valence-corrected chi connectivity index (χ0v) is 9.55. The van der Waals surface area contributed by atoms with Crippen LogP contribution in [-0.4, -0.2) is 39.6 Å². The third-order valence-electron chi connectivity index (χ3n) is 2.65. The SMILES string of the molecule is Cc1cc(C(=O)N(CCC(=O)O)C2CC2)on1. The number of hydrogen-bond acceptors (Lipinski definition) is 4. The molecule has 0 spiro atoms. The summed E-state index contributed by atoms with van der Waals surface area (Å²) >= 11 is 0. The van der Waals surface area contributed by atoms with Gasteiger partial charge in [0.05, 0.1) is 12.1 Å². The molecule has 6 heteroatoms. The summed E-state index contributed by atoms with van der Waals surface area (Å²) in [6, 6.07) is 1.73. The van der Waals surface area contributed by atoms with Crippen LogP contribution in [0.5, 0.6) is 0 Å². The Kier molecular flexibility index (Phi) is 3.12. The molecule has 1 aromatic heterocycles. The van der Waals surface area contributed by atoms with Gasteiger partial charge in [-0.05, 0) is 19.8 Å². The maximum atomic E-state index is 12.1. The minimum atomic E-state index is -0.905. The van der Waals surface area contributed by atoms with Crippen molar-refractivity contribution in [1.29, 1.82) is 0 Å². The molecular formula is C11H14N2O4. The molecule has 2 rings (SSSR count). The summed E-state index contributed by atoms with van der Waals surface area (Å²) in [5.74, 6) is -0.994. The largest absolute Gasteiger partial charge is 0.481 e. The highest BCUT2D eigenvalue weighted by Crippen LogP contribution is 2.28. The third-order valence-corrected chi connectivity index (χ3v) is 2.65. The van der Waals surface area contributed by atoms with Gasteiger partial charge < -0.3 is 14.5 Å². The molecule has 0 radical (unpaired) electrons. The van der Waals surface area contributed by atoms with E-state index in [9.17, 15) is 9.59 Å². The van der Waals surface area contributed by atoms with Gasteiger partial charge in [-0.1, -0.05) is 5.16 Å². The molecule has 6 nitrogen and oxygen atoms in total. The average molecular weight is 238 g/mol. The Bertz CT molecular complexity index is 436. The van der Waals surface area contributed by atoms with Crippen LogP contribution >= 0.6 is 0 Å². The van der Waals surface area contributed by atoms with E-state index in [0.717, 1.165) is 12.8 Å². The minimum absolute atomic E-state index is 0.0463. The van der Waals surface area contributed by atoms with Gasteiger partial charge in [0.2, 0.25) is 5.76 Å². The quantitative estimate of drug-likeness (QED) is 0.829. The molecule has 1 aliphatic rings. The van der Waals surface area contributed by atoms with Crippen LogP contribution in [0.1, 0.15) is 35.5 Å². The van der Waals surface area contributed by atoms with Crippen molar-refractivity contribution in [3.05, 3.63) is 17.5 Å². The number of aryl methyl sites for hydroxylation is 1. The lowest BCUT2D eigenvalue weighted by Gasteiger charge is -2.19. The molecule has 1 aliphatic carbocycles. The van der Waals surface area contributed by atoms with Crippen LogP contribution in [-0.2, 0) is 4.79 Å². The molecule has 92 valence electrons. The van der Waals surface area contributed by atoms with Crippen molar-refractivity contribution in [2.24, 2.45) is 0 Å². The molecule has 1 aromatic rings. The molecule has 1 heterocycles. The Morgan fingerprint density at radius 2 is 2.29 bits per heavy atom. The lowest BCUT2D eigenvalue weighted by atomic mass is 10.3. The number of aromatic nitrogens is 1. The Morgan fingerprint density at radius 3 is 2.76 bits per heavy atom. The van der Waals surface area contributed by atoms with E-state index in [-0.39, 0.29) is 30.7 Å². The maximum Gasteiger partial charge on any atom is 0.305 e. The number of hydrogen-bond donors (Lipinski definition) is 1. The van der Waals surface area contributed by atoms with E-state index >= 15 is 0 Å². The summed E-state index contributed by atoms with van der Waals surface area (Å²) < 4.78 is 4.90. The highest BCUT2D eigenvalue weighted by atomic mass is 16.5. The van der Waals surface area contributed by atoms with E-state index in [0.29, 0.717) is 5.69 Å². The first kappa shape index (κ1) is 11.6. The first-order valence-electron chi connectivity index (χ1n) is 5.54. The monoisotopic (exact) mass is 238 g/mol. The number of carbonyl (C=O) groups excluding carboxylic acids is 1. The smallest absolute Gasteiger partial charge is 0.305 e. The molecular weight excluding hydrogens is 224 g/mol. The predicted molar refractivity (Wildman–Crippen MR) is 57.6 cm³/mol. The first-order valence-corrected chi connectivity index (χ1v) is 5.54. The second-order valence-corrected chi connectivity index (χ2v) is 4.21. The van der Waals surface area contributed by atoms with Crippen LogP contribution in [0.4, 0.5) is 0 Å². The zero-order valence-electron chi connectivity index (χ0n) is 9.55. The highest BCUT2D eigenvalue weighted by molar-refractivity contribution is 5.92. The Hall–Kier alpha value is -1.85. The van der Waals surface area contributed by atoms with Crippen LogP contribution in [0.15, 0.2) is 10.6 Å². The normalized spacial score (nSPS) is 14.6. The van der Waals surface area contributed by atoms with Crippen molar-refractivity contribution >= 4 is 11.9 Å². The standard InChI is InChI=1S/C11H14N2O4/c1-7-6-9(17-12-7)11(16)13(8-2-3-8)5-4-10(14)15/h6,8H,2-5H2,1H3,(H,14,15). The van der Waals surface area contributed by atoms with Gasteiger partial charge in [0.1, 0.15) is 0 Å². The van der Waals surface area contributed by atoms with Gasteiger partial charge in [-0.3, -0.25) is 9.59 Å². The molecule has 0 bridgehead atoms. The van der Waals surface area contributed by atoms with E-state index in [1.54, 1.807) is 17.9 Å². The van der Waals surface area contributed by atoms with Crippen molar-refractivity contribution in [2.75, 3.05) is 6.54 Å². The van der Waals surface area contributed by atoms with Crippen molar-refractivity contribution < 1.29 is 19.2 Å². The molecule has 17 heavy (non-hydrogen) atoms. The van der Waals surface area contributed by atoms with Crippen LogP contribution < -0.4 is 0 Å². The van der Waals surface area contributed by atoms with Gasteiger partial charge >= 0.3 is 5.97 Å². The van der Waals surface area contributed by atoms with Gasteiger partial charge in [-0.2, -0.15) is 0 Å². The number of nitrogens with zero attached hydrogens (tertiary/aromatic N) is 2. The third kappa shape index (κ3) is 2.83. The molecule has 0 aromatic carbocycles. The van der Waals surface area contributed by atoms with Gasteiger partial charge in [0.25, 0.3) is 5.91 Å². The first-order chi connectivity index (χ1) is 8.08. The van der Waals surface area contributed by atoms with Gasteiger partial charge in [0, 0.05) is 18.7 Å². The fourth-order valence-electron chi connectivity index (χ4n) is 1.66. The molecule has 1 amide bonds. The number of carboxylic acids is 1. The van der Waals surface area contributed by atoms with Crippen molar-refractivity contribution in [2.45, 2.75) is 32.2 Å². The summed E-state index contributed by atoms with van der Waals surface area (Å²) in [5.41, 5.74) is 0.641. The fraction of sp³-hybridized carbons (Fsp3) is 0.545. The summed E-state index contributed by atoms with van der Waals surface area (Å²) in [5, 5.41) is 12.3. The lowest BCUT2D eigenvalue weighted by Crippen LogP contribution is -2.34. The molecule has 1 saturated carbocycles. The van der Waals surface area contributed by atoms with E-state index < -0.39 is 5.97 Å². The summed E-state index contributed by atoms with van der Waals surface area (Å²) in [7, 11) is 0. The molecule has 1 N–H and O–H groups in total. The van der Waals surface area contributed by atoms with Crippen molar-refractivity contribution in [3.8, 4) is 0 Å². The van der Waals surface area contributed by atoms with Gasteiger partial charge in [0.15, 0.2) is 0 Å². The Labute approximate surface area is 98.2 Å². The predicted octanol–water partition coefficient (Wildman–Crippen LogP) is 1.06. The van der Waals surface area contributed by atoms with Crippen molar-refractivity contribution in [1.82, 2.24) is 10.1 Å². The Balaban J connectivity index is 2.05. The fourth-order valence-corrected chi connectivity index (χ4v) is 1.66.